The topological polar surface area (TPSA) is 22.4 Å². The third-order valence-electron chi connectivity index (χ3n) is 2.31. The average Bonchev–Trinajstić information content (AvgIpc) is 2.83. The maximum absolute atomic E-state index is 5.52. The summed E-state index contributed by atoms with van der Waals surface area (Å²) < 4.78 is 10.7. The second kappa shape index (κ2) is 5.33. The summed E-state index contributed by atoms with van der Waals surface area (Å²) in [6.07, 6.45) is 3.48. The molecule has 0 saturated carbocycles. The van der Waals surface area contributed by atoms with Crippen molar-refractivity contribution in [3.8, 4) is 0 Å². The first-order chi connectivity index (χ1) is 7.88. The zero-order valence-electron chi connectivity index (χ0n) is 9.06. The third-order valence-corrected chi connectivity index (χ3v) is 2.31. The Hall–Kier alpha value is -1.80. The predicted octanol–water partition coefficient (Wildman–Crippen LogP) is 3.64. The van der Waals surface area contributed by atoms with Crippen molar-refractivity contribution in [1.82, 2.24) is 0 Å². The number of furan rings is 1. The monoisotopic (exact) mass is 214 g/mol. The van der Waals surface area contributed by atoms with Gasteiger partial charge in [-0.2, -0.15) is 0 Å². The largest absolute Gasteiger partial charge is 0.467 e. The van der Waals surface area contributed by atoms with Crippen LogP contribution >= 0.6 is 0 Å². The van der Waals surface area contributed by atoms with Crippen LogP contribution in [0.3, 0.4) is 0 Å². The van der Waals surface area contributed by atoms with Crippen molar-refractivity contribution < 1.29 is 9.15 Å². The Morgan fingerprint density at radius 1 is 1.12 bits per heavy atom. The molecule has 0 spiro atoms. The molecule has 2 heteroatoms. The standard InChI is InChI=1S/C14H14O2/c1-2-12-5-7-13(8-6-12)10-15-11-14-4-3-9-16-14/h2-9H,1,10-11H2. The van der Waals surface area contributed by atoms with Crippen molar-refractivity contribution >= 4 is 6.08 Å². The number of hydrogen-bond acceptors (Lipinski definition) is 2. The Labute approximate surface area is 95.2 Å². The lowest BCUT2D eigenvalue weighted by atomic mass is 10.1. The van der Waals surface area contributed by atoms with Gasteiger partial charge < -0.3 is 9.15 Å². The quantitative estimate of drug-likeness (QED) is 0.758. The van der Waals surface area contributed by atoms with Crippen LogP contribution in [0, 0.1) is 0 Å². The van der Waals surface area contributed by atoms with E-state index in [2.05, 4.69) is 6.58 Å². The lowest BCUT2D eigenvalue weighted by Crippen LogP contribution is -1.92. The first-order valence-corrected chi connectivity index (χ1v) is 5.20. The SMILES string of the molecule is C=Cc1ccc(COCc2ccco2)cc1. The summed E-state index contributed by atoms with van der Waals surface area (Å²) in [5.41, 5.74) is 2.27. The van der Waals surface area contributed by atoms with E-state index in [0.717, 1.165) is 16.9 Å². The zero-order chi connectivity index (χ0) is 11.2. The molecule has 0 fully saturated rings. The lowest BCUT2D eigenvalue weighted by Gasteiger charge is -2.02. The van der Waals surface area contributed by atoms with Crippen molar-refractivity contribution in [3.63, 3.8) is 0 Å². The third kappa shape index (κ3) is 2.84. The Bertz CT molecular complexity index is 426. The van der Waals surface area contributed by atoms with Crippen molar-refractivity contribution in [1.29, 1.82) is 0 Å². The number of rotatable bonds is 5. The minimum Gasteiger partial charge on any atom is -0.467 e. The summed E-state index contributed by atoms with van der Waals surface area (Å²) in [4.78, 5) is 0. The molecule has 1 heterocycles. The minimum atomic E-state index is 0.510. The molecule has 0 aliphatic heterocycles. The van der Waals surface area contributed by atoms with Gasteiger partial charge in [-0.05, 0) is 23.3 Å². The van der Waals surface area contributed by atoms with Gasteiger partial charge in [-0.3, -0.25) is 0 Å². The van der Waals surface area contributed by atoms with Gasteiger partial charge in [-0.1, -0.05) is 36.9 Å². The van der Waals surface area contributed by atoms with Crippen LogP contribution < -0.4 is 0 Å². The van der Waals surface area contributed by atoms with E-state index in [4.69, 9.17) is 9.15 Å². The fourth-order valence-corrected chi connectivity index (χ4v) is 1.41. The summed E-state index contributed by atoms with van der Waals surface area (Å²) in [6, 6.07) is 11.9. The van der Waals surface area contributed by atoms with Crippen LogP contribution in [0.25, 0.3) is 6.08 Å². The van der Waals surface area contributed by atoms with E-state index in [9.17, 15) is 0 Å². The molecule has 82 valence electrons. The second-order valence-corrected chi connectivity index (χ2v) is 3.52. The van der Waals surface area contributed by atoms with E-state index >= 15 is 0 Å². The van der Waals surface area contributed by atoms with Crippen LogP contribution in [0.4, 0.5) is 0 Å². The predicted molar refractivity (Wildman–Crippen MR) is 63.7 cm³/mol. The molecule has 0 aliphatic carbocycles. The van der Waals surface area contributed by atoms with E-state index in [1.807, 2.05) is 42.5 Å². The van der Waals surface area contributed by atoms with Crippen LogP contribution in [-0.4, -0.2) is 0 Å². The molecular formula is C14H14O2. The number of hydrogen-bond donors (Lipinski definition) is 0. The zero-order valence-corrected chi connectivity index (χ0v) is 9.06. The molecule has 0 bridgehead atoms. The summed E-state index contributed by atoms with van der Waals surface area (Å²) in [7, 11) is 0. The molecule has 1 aromatic carbocycles. The van der Waals surface area contributed by atoms with Gasteiger partial charge in [0.15, 0.2) is 0 Å². The van der Waals surface area contributed by atoms with Gasteiger partial charge in [-0.25, -0.2) is 0 Å². The molecule has 0 saturated heterocycles. The van der Waals surface area contributed by atoms with Gasteiger partial charge in [-0.15, -0.1) is 0 Å². The highest BCUT2D eigenvalue weighted by Crippen LogP contribution is 2.08. The molecule has 1 aromatic heterocycles. The molecule has 0 radical (unpaired) electrons. The summed E-state index contributed by atoms with van der Waals surface area (Å²) in [5.74, 6) is 0.850. The maximum Gasteiger partial charge on any atom is 0.129 e. The van der Waals surface area contributed by atoms with Gasteiger partial charge in [0.25, 0.3) is 0 Å². The van der Waals surface area contributed by atoms with E-state index in [-0.39, 0.29) is 0 Å². The number of ether oxygens (including phenoxy) is 1. The minimum absolute atomic E-state index is 0.510. The van der Waals surface area contributed by atoms with Crippen molar-refractivity contribution in [2.45, 2.75) is 13.2 Å². The summed E-state index contributed by atoms with van der Waals surface area (Å²) in [6.45, 7) is 4.82. The van der Waals surface area contributed by atoms with Gasteiger partial charge in [0, 0.05) is 0 Å². The molecule has 2 nitrogen and oxygen atoms in total. The van der Waals surface area contributed by atoms with Gasteiger partial charge >= 0.3 is 0 Å². The van der Waals surface area contributed by atoms with E-state index in [0.29, 0.717) is 13.2 Å². The van der Waals surface area contributed by atoms with Crippen LogP contribution in [0.15, 0.2) is 53.7 Å². The first-order valence-electron chi connectivity index (χ1n) is 5.20. The van der Waals surface area contributed by atoms with Crippen molar-refractivity contribution in [2.24, 2.45) is 0 Å². The molecule has 0 N–H and O–H groups in total. The Kier molecular flexibility index (Phi) is 3.57. The molecule has 0 aliphatic rings. The highest BCUT2D eigenvalue weighted by atomic mass is 16.5. The fraction of sp³-hybridized carbons (Fsp3) is 0.143. The summed E-state index contributed by atoms with van der Waals surface area (Å²) >= 11 is 0. The Morgan fingerprint density at radius 2 is 1.94 bits per heavy atom. The Morgan fingerprint density at radius 3 is 2.56 bits per heavy atom. The van der Waals surface area contributed by atoms with Crippen LogP contribution in [0.5, 0.6) is 0 Å². The Balaban J connectivity index is 1.83. The fourth-order valence-electron chi connectivity index (χ4n) is 1.41. The first kappa shape index (κ1) is 10.7. The highest BCUT2D eigenvalue weighted by Gasteiger charge is 1.96. The van der Waals surface area contributed by atoms with Crippen molar-refractivity contribution in [2.75, 3.05) is 0 Å². The molecule has 0 amide bonds. The lowest BCUT2D eigenvalue weighted by molar-refractivity contribution is 0.0929. The maximum atomic E-state index is 5.52. The second-order valence-electron chi connectivity index (χ2n) is 3.52. The normalized spacial score (nSPS) is 10.2. The van der Waals surface area contributed by atoms with Crippen LogP contribution in [-0.2, 0) is 18.0 Å². The smallest absolute Gasteiger partial charge is 0.129 e. The summed E-state index contributed by atoms with van der Waals surface area (Å²) in [5, 5.41) is 0. The van der Waals surface area contributed by atoms with Gasteiger partial charge in [0.2, 0.25) is 0 Å². The van der Waals surface area contributed by atoms with E-state index < -0.39 is 0 Å². The molecule has 0 unspecified atom stereocenters. The average molecular weight is 214 g/mol. The molecule has 0 atom stereocenters. The van der Waals surface area contributed by atoms with Gasteiger partial charge in [0.1, 0.15) is 12.4 Å². The molecule has 2 rings (SSSR count). The van der Waals surface area contributed by atoms with Crippen LogP contribution in [0.2, 0.25) is 0 Å². The van der Waals surface area contributed by atoms with E-state index in [1.165, 1.54) is 0 Å². The number of benzene rings is 1. The van der Waals surface area contributed by atoms with E-state index in [1.54, 1.807) is 6.26 Å². The molecule has 16 heavy (non-hydrogen) atoms. The van der Waals surface area contributed by atoms with Crippen molar-refractivity contribution in [3.05, 3.63) is 66.1 Å². The highest BCUT2D eigenvalue weighted by molar-refractivity contribution is 5.47. The molecule has 2 aromatic rings. The van der Waals surface area contributed by atoms with Crippen LogP contribution in [0.1, 0.15) is 16.9 Å². The molecular weight excluding hydrogens is 200 g/mol. The van der Waals surface area contributed by atoms with Gasteiger partial charge in [0.05, 0.1) is 12.9 Å².